The van der Waals surface area contributed by atoms with Gasteiger partial charge in [-0.15, -0.1) is 0 Å². The summed E-state index contributed by atoms with van der Waals surface area (Å²) in [5.74, 6) is -1.33. The topological polar surface area (TPSA) is 130 Å². The lowest BCUT2D eigenvalue weighted by molar-refractivity contribution is 0.0997. The first-order valence-electron chi connectivity index (χ1n) is 5.74. The van der Waals surface area contributed by atoms with Gasteiger partial charge in [0.2, 0.25) is 0 Å². The maximum Gasteiger partial charge on any atom is 0.261 e. The summed E-state index contributed by atoms with van der Waals surface area (Å²) in [6.07, 6.45) is 0. The Kier molecular flexibility index (Phi) is 3.72. The van der Waals surface area contributed by atoms with Gasteiger partial charge in [0.15, 0.2) is 0 Å². The zero-order valence-corrected chi connectivity index (χ0v) is 11.5. The number of phenols is 2. The summed E-state index contributed by atoms with van der Waals surface area (Å²) >= 11 is 0. The van der Waals surface area contributed by atoms with E-state index < -0.39 is 21.7 Å². The second-order valence-corrected chi connectivity index (χ2v) is 5.88. The number of sulfonamides is 1. The molecule has 2 aromatic carbocycles. The highest BCUT2D eigenvalue weighted by Gasteiger charge is 2.18. The summed E-state index contributed by atoms with van der Waals surface area (Å²) in [5.41, 5.74) is 5.00. The number of hydrogen-bond acceptors (Lipinski definition) is 5. The Hall–Kier alpha value is -2.74. The summed E-state index contributed by atoms with van der Waals surface area (Å²) in [7, 11) is -3.95. The monoisotopic (exact) mass is 308 g/mol. The van der Waals surface area contributed by atoms with Gasteiger partial charge in [-0.2, -0.15) is 0 Å². The van der Waals surface area contributed by atoms with Crippen LogP contribution in [0.1, 0.15) is 10.4 Å². The third-order valence-electron chi connectivity index (χ3n) is 2.66. The molecule has 8 heteroatoms. The van der Waals surface area contributed by atoms with Crippen LogP contribution in [-0.2, 0) is 10.0 Å². The van der Waals surface area contributed by atoms with Crippen LogP contribution in [0.15, 0.2) is 47.4 Å². The molecule has 0 saturated carbocycles. The van der Waals surface area contributed by atoms with E-state index in [-0.39, 0.29) is 21.9 Å². The van der Waals surface area contributed by atoms with Crippen LogP contribution in [0.5, 0.6) is 11.5 Å². The highest BCUT2D eigenvalue weighted by Crippen LogP contribution is 2.23. The molecule has 0 radical (unpaired) electrons. The fraction of sp³-hybridized carbons (Fsp3) is 0. The molecular weight excluding hydrogens is 296 g/mol. The minimum atomic E-state index is -3.95. The van der Waals surface area contributed by atoms with E-state index in [0.717, 1.165) is 18.2 Å². The average Bonchev–Trinajstić information content (AvgIpc) is 2.41. The van der Waals surface area contributed by atoms with Gasteiger partial charge in [0, 0.05) is 5.69 Å². The van der Waals surface area contributed by atoms with Crippen LogP contribution in [0.4, 0.5) is 5.69 Å². The number of primary amides is 1. The molecule has 0 spiro atoms. The van der Waals surface area contributed by atoms with Crippen molar-refractivity contribution in [3.63, 3.8) is 0 Å². The molecule has 0 fully saturated rings. The van der Waals surface area contributed by atoms with Crippen LogP contribution in [0.25, 0.3) is 0 Å². The van der Waals surface area contributed by atoms with Crippen molar-refractivity contribution in [3.05, 3.63) is 48.0 Å². The second-order valence-electron chi connectivity index (χ2n) is 4.20. The third-order valence-corrected chi connectivity index (χ3v) is 4.04. The van der Waals surface area contributed by atoms with E-state index in [9.17, 15) is 18.3 Å². The van der Waals surface area contributed by atoms with Crippen molar-refractivity contribution in [2.75, 3.05) is 4.72 Å². The summed E-state index contributed by atoms with van der Waals surface area (Å²) in [5, 5.41) is 18.6. The van der Waals surface area contributed by atoms with Gasteiger partial charge in [-0.25, -0.2) is 8.42 Å². The number of amides is 1. The van der Waals surface area contributed by atoms with E-state index in [2.05, 4.69) is 4.72 Å². The largest absolute Gasteiger partial charge is 0.508 e. The molecule has 7 nitrogen and oxygen atoms in total. The average molecular weight is 308 g/mol. The molecular formula is C13H12N2O5S. The summed E-state index contributed by atoms with van der Waals surface area (Å²) < 4.78 is 26.6. The molecule has 110 valence electrons. The number of carbonyl (C=O) groups is 1. The minimum Gasteiger partial charge on any atom is -0.508 e. The standard InChI is InChI=1S/C13H12N2O5S/c14-13(18)11-7-10(5-6-12(11)17)21(19,20)15-8-1-3-9(16)4-2-8/h1-7,15-17H,(H2,14,18). The van der Waals surface area contributed by atoms with E-state index in [1.165, 1.54) is 24.3 Å². The molecule has 2 aromatic rings. The van der Waals surface area contributed by atoms with Gasteiger partial charge >= 0.3 is 0 Å². The molecule has 0 aliphatic carbocycles. The number of anilines is 1. The molecule has 1 amide bonds. The van der Waals surface area contributed by atoms with Crippen LogP contribution in [0, 0.1) is 0 Å². The molecule has 0 aliphatic heterocycles. The first-order chi connectivity index (χ1) is 9.79. The molecule has 0 heterocycles. The lowest BCUT2D eigenvalue weighted by Crippen LogP contribution is -2.16. The van der Waals surface area contributed by atoms with Crippen molar-refractivity contribution in [1.82, 2.24) is 0 Å². The van der Waals surface area contributed by atoms with E-state index in [4.69, 9.17) is 10.8 Å². The molecule has 5 N–H and O–H groups in total. The number of nitrogens with two attached hydrogens (primary N) is 1. The maximum absolute atomic E-state index is 12.2. The van der Waals surface area contributed by atoms with Gasteiger partial charge in [0.25, 0.3) is 15.9 Å². The van der Waals surface area contributed by atoms with E-state index in [1.54, 1.807) is 0 Å². The summed E-state index contributed by atoms with van der Waals surface area (Å²) in [6.45, 7) is 0. The quantitative estimate of drug-likeness (QED) is 0.626. The van der Waals surface area contributed by atoms with E-state index in [1.807, 2.05) is 0 Å². The molecule has 0 unspecified atom stereocenters. The highest BCUT2D eigenvalue weighted by molar-refractivity contribution is 7.92. The maximum atomic E-state index is 12.2. The number of hydrogen-bond donors (Lipinski definition) is 4. The van der Waals surface area contributed by atoms with Crippen molar-refractivity contribution in [2.24, 2.45) is 5.73 Å². The smallest absolute Gasteiger partial charge is 0.261 e. The van der Waals surface area contributed by atoms with Crippen molar-refractivity contribution in [1.29, 1.82) is 0 Å². The second kappa shape index (κ2) is 5.33. The number of nitrogens with one attached hydrogen (secondary N) is 1. The first kappa shape index (κ1) is 14.7. The predicted octanol–water partition coefficient (Wildman–Crippen LogP) is 0.997. The Morgan fingerprint density at radius 2 is 1.67 bits per heavy atom. The van der Waals surface area contributed by atoms with Crippen molar-refractivity contribution in [2.45, 2.75) is 4.90 Å². The molecule has 21 heavy (non-hydrogen) atoms. The van der Waals surface area contributed by atoms with Crippen LogP contribution < -0.4 is 10.5 Å². The summed E-state index contributed by atoms with van der Waals surface area (Å²) in [6, 6.07) is 8.61. The Morgan fingerprint density at radius 3 is 2.24 bits per heavy atom. The fourth-order valence-corrected chi connectivity index (χ4v) is 2.71. The molecule has 2 rings (SSSR count). The SMILES string of the molecule is NC(=O)c1cc(S(=O)(=O)Nc2ccc(O)cc2)ccc1O. The number of aromatic hydroxyl groups is 2. The number of phenolic OH excluding ortho intramolecular Hbond substituents is 1. The molecule has 0 aromatic heterocycles. The Bertz CT molecular complexity index is 785. The lowest BCUT2D eigenvalue weighted by Gasteiger charge is -2.09. The third kappa shape index (κ3) is 3.23. The van der Waals surface area contributed by atoms with Gasteiger partial charge in [0.05, 0.1) is 10.5 Å². The normalized spacial score (nSPS) is 11.0. The Morgan fingerprint density at radius 1 is 1.05 bits per heavy atom. The lowest BCUT2D eigenvalue weighted by atomic mass is 10.2. The first-order valence-corrected chi connectivity index (χ1v) is 7.22. The van der Waals surface area contributed by atoms with Crippen molar-refractivity contribution >= 4 is 21.6 Å². The van der Waals surface area contributed by atoms with Crippen LogP contribution in [-0.4, -0.2) is 24.5 Å². The molecule has 0 bridgehead atoms. The van der Waals surface area contributed by atoms with Crippen molar-refractivity contribution < 1.29 is 23.4 Å². The van der Waals surface area contributed by atoms with Gasteiger partial charge < -0.3 is 15.9 Å². The van der Waals surface area contributed by atoms with Gasteiger partial charge in [-0.3, -0.25) is 9.52 Å². The van der Waals surface area contributed by atoms with Gasteiger partial charge in [-0.1, -0.05) is 0 Å². The number of rotatable bonds is 4. The van der Waals surface area contributed by atoms with Gasteiger partial charge in [-0.05, 0) is 42.5 Å². The zero-order valence-electron chi connectivity index (χ0n) is 10.6. The Balaban J connectivity index is 2.38. The van der Waals surface area contributed by atoms with Crippen molar-refractivity contribution in [3.8, 4) is 11.5 Å². The molecule has 0 saturated heterocycles. The van der Waals surface area contributed by atoms with Crippen LogP contribution in [0.2, 0.25) is 0 Å². The summed E-state index contributed by atoms with van der Waals surface area (Å²) in [4.78, 5) is 10.9. The molecule has 0 atom stereocenters. The fourth-order valence-electron chi connectivity index (χ4n) is 1.62. The van der Waals surface area contributed by atoms with Crippen LogP contribution in [0.3, 0.4) is 0 Å². The predicted molar refractivity (Wildman–Crippen MR) is 75.5 cm³/mol. The van der Waals surface area contributed by atoms with E-state index >= 15 is 0 Å². The highest BCUT2D eigenvalue weighted by atomic mass is 32.2. The Labute approximate surface area is 120 Å². The zero-order chi connectivity index (χ0) is 15.6. The minimum absolute atomic E-state index is 0.00130. The molecule has 0 aliphatic rings. The number of carbonyl (C=O) groups excluding carboxylic acids is 1. The number of benzene rings is 2. The van der Waals surface area contributed by atoms with E-state index in [0.29, 0.717) is 0 Å². The van der Waals surface area contributed by atoms with Crippen LogP contribution >= 0.6 is 0 Å². The van der Waals surface area contributed by atoms with Gasteiger partial charge in [0.1, 0.15) is 11.5 Å².